The summed E-state index contributed by atoms with van der Waals surface area (Å²) < 4.78 is 113. The van der Waals surface area contributed by atoms with Crippen LogP contribution in [0.2, 0.25) is 0 Å². The molecule has 2 rings (SSSR count). The van der Waals surface area contributed by atoms with Crippen molar-refractivity contribution in [2.24, 2.45) is 7.05 Å². The van der Waals surface area contributed by atoms with E-state index in [1.807, 2.05) is 23.9 Å². The van der Waals surface area contributed by atoms with E-state index in [0.29, 0.717) is 0 Å². The first kappa shape index (κ1) is 23.9. The van der Waals surface area contributed by atoms with Gasteiger partial charge in [0.1, 0.15) is 18.9 Å². The molecule has 0 saturated heterocycles. The number of nitrogens with zero attached hydrogens (tertiary/aromatic N) is 2. The number of alkyl halides is 6. The van der Waals surface area contributed by atoms with Crippen molar-refractivity contribution in [3.05, 3.63) is 54.6 Å². The van der Waals surface area contributed by atoms with Crippen LogP contribution >= 0.6 is 0 Å². The molecule has 2 aromatic rings. The van der Waals surface area contributed by atoms with Gasteiger partial charge in [0.05, 0.1) is 7.05 Å². The number of rotatable bonds is 4. The second-order valence-corrected chi connectivity index (χ2v) is 8.82. The number of hydrogen-bond acceptors (Lipinski definition) is 4. The minimum absolute atomic E-state index is 0.493. The quantitative estimate of drug-likeness (QED) is 0.562. The zero-order chi connectivity index (χ0) is 21.8. The maximum Gasteiger partial charge on any atom is 0.512 e. The van der Waals surface area contributed by atoms with Crippen molar-refractivity contribution in [3.8, 4) is 0 Å². The molecule has 0 fully saturated rings. The monoisotopic (exact) mass is 454 g/mol. The highest BCUT2D eigenvalue weighted by molar-refractivity contribution is 8.05. The van der Waals surface area contributed by atoms with E-state index in [1.165, 1.54) is 5.56 Å². The van der Waals surface area contributed by atoms with Crippen LogP contribution in [0.5, 0.6) is 0 Å². The summed E-state index contributed by atoms with van der Waals surface area (Å²) in [5.74, 6) is 0. The highest BCUT2D eigenvalue weighted by Crippen LogP contribution is 2.27. The number of aryl methyl sites for hydroxylation is 1. The number of aromatic nitrogens is 2. The SMILES string of the molecule is C[n+]1ccn(Cc2ccccc2)c1.O=S(=O)(NS(=O)(=O)C(F)(F)F)C(F)(F)F. The van der Waals surface area contributed by atoms with Gasteiger partial charge in [-0.1, -0.05) is 34.5 Å². The molecule has 0 atom stereocenters. The molecule has 28 heavy (non-hydrogen) atoms. The van der Waals surface area contributed by atoms with Gasteiger partial charge in [0.15, 0.2) is 0 Å². The number of imidazole rings is 1. The Labute approximate surface area is 156 Å². The molecule has 1 aromatic carbocycles. The van der Waals surface area contributed by atoms with E-state index in [0.717, 1.165) is 6.54 Å². The fourth-order valence-corrected chi connectivity index (χ4v) is 3.54. The van der Waals surface area contributed by atoms with Crippen molar-refractivity contribution in [2.75, 3.05) is 0 Å². The molecule has 0 bridgehead atoms. The van der Waals surface area contributed by atoms with Gasteiger partial charge in [-0.15, -0.1) is 0 Å². The number of halogens is 6. The fourth-order valence-electron chi connectivity index (χ4n) is 1.63. The molecule has 0 radical (unpaired) electrons. The van der Waals surface area contributed by atoms with Crippen LogP contribution in [-0.2, 0) is 33.6 Å². The Balaban J connectivity index is 0.000000281. The number of sulfonamides is 2. The van der Waals surface area contributed by atoms with Crippen LogP contribution < -0.4 is 8.69 Å². The predicted octanol–water partition coefficient (Wildman–Crippen LogP) is 1.64. The van der Waals surface area contributed by atoms with E-state index in [2.05, 4.69) is 41.4 Å². The van der Waals surface area contributed by atoms with E-state index in [9.17, 15) is 43.2 Å². The van der Waals surface area contributed by atoms with E-state index in [4.69, 9.17) is 0 Å². The first-order valence-corrected chi connectivity index (χ1v) is 9.98. The van der Waals surface area contributed by atoms with Gasteiger partial charge in [0, 0.05) is 0 Å². The minimum atomic E-state index is -6.60. The number of hydrogen-bond donors (Lipinski definition) is 1. The average Bonchev–Trinajstić information content (AvgIpc) is 2.91. The summed E-state index contributed by atoms with van der Waals surface area (Å²) in [5.41, 5.74) is -11.0. The maximum absolute atomic E-state index is 11.5. The summed E-state index contributed by atoms with van der Waals surface area (Å²) in [7, 11) is -11.2. The Kier molecular flexibility index (Phi) is 7.24. The topological polar surface area (TPSA) is 89.1 Å². The fraction of sp³-hybridized carbons (Fsp3) is 0.308. The average molecular weight is 454 g/mol. The molecule has 0 aliphatic carbocycles. The second-order valence-electron chi connectivity index (χ2n) is 5.22. The molecule has 0 amide bonds. The molecule has 15 heteroatoms. The Morgan fingerprint density at radius 3 is 1.75 bits per heavy atom. The van der Waals surface area contributed by atoms with Crippen LogP contribution in [-0.4, -0.2) is 32.4 Å². The molecule has 1 N–H and O–H groups in total. The van der Waals surface area contributed by atoms with Crippen LogP contribution in [0.4, 0.5) is 26.3 Å². The van der Waals surface area contributed by atoms with Crippen molar-refractivity contribution in [1.29, 1.82) is 0 Å². The highest BCUT2D eigenvalue weighted by atomic mass is 32.3. The summed E-state index contributed by atoms with van der Waals surface area (Å²) in [6, 6.07) is 10.5. The van der Waals surface area contributed by atoms with Crippen molar-refractivity contribution in [3.63, 3.8) is 0 Å². The molecule has 0 aliphatic heterocycles. The molecule has 1 aromatic heterocycles. The molecule has 0 saturated carbocycles. The van der Waals surface area contributed by atoms with Gasteiger partial charge in [0.25, 0.3) is 0 Å². The van der Waals surface area contributed by atoms with E-state index in [-0.39, 0.29) is 0 Å². The van der Waals surface area contributed by atoms with Gasteiger partial charge < -0.3 is 0 Å². The first-order valence-electron chi connectivity index (χ1n) is 7.01. The van der Waals surface area contributed by atoms with Gasteiger partial charge >= 0.3 is 31.1 Å². The normalized spacial score (nSPS) is 13.0. The maximum atomic E-state index is 11.5. The Hall–Kier alpha value is -2.13. The molecule has 158 valence electrons. The van der Waals surface area contributed by atoms with Gasteiger partial charge in [-0.25, -0.2) is 26.0 Å². The van der Waals surface area contributed by atoms with Crippen LogP contribution in [0.1, 0.15) is 5.56 Å². The minimum Gasteiger partial charge on any atom is -0.240 e. The van der Waals surface area contributed by atoms with Crippen LogP contribution in [0, 0.1) is 0 Å². The lowest BCUT2D eigenvalue weighted by atomic mass is 10.2. The van der Waals surface area contributed by atoms with Crippen molar-refractivity contribution in [2.45, 2.75) is 17.6 Å². The van der Waals surface area contributed by atoms with Gasteiger partial charge in [-0.05, 0) is 5.56 Å². The van der Waals surface area contributed by atoms with Crippen LogP contribution in [0.15, 0.2) is 49.1 Å². The molecule has 0 spiro atoms. The predicted molar refractivity (Wildman–Crippen MR) is 84.2 cm³/mol. The van der Waals surface area contributed by atoms with Crippen LogP contribution in [0.25, 0.3) is 0 Å². The van der Waals surface area contributed by atoms with Gasteiger partial charge in [0.2, 0.25) is 6.33 Å². The number of nitrogens with one attached hydrogen (secondary N) is 1. The largest absolute Gasteiger partial charge is 0.512 e. The van der Waals surface area contributed by atoms with Crippen molar-refractivity contribution in [1.82, 2.24) is 8.69 Å². The van der Waals surface area contributed by atoms with Gasteiger partial charge in [-0.2, -0.15) is 26.3 Å². The summed E-state index contributed by atoms with van der Waals surface area (Å²) >= 11 is 0. The van der Waals surface area contributed by atoms with Crippen molar-refractivity contribution < 1.29 is 47.7 Å². The smallest absolute Gasteiger partial charge is 0.240 e. The van der Waals surface area contributed by atoms with E-state index >= 15 is 0 Å². The van der Waals surface area contributed by atoms with Gasteiger partial charge in [-0.3, -0.25) is 0 Å². The summed E-state index contributed by atoms with van der Waals surface area (Å²) in [4.78, 5) is 0. The van der Waals surface area contributed by atoms with Crippen LogP contribution in [0.3, 0.4) is 0 Å². The molecule has 0 unspecified atom stereocenters. The van der Waals surface area contributed by atoms with E-state index < -0.39 is 35.2 Å². The number of benzene rings is 1. The molecule has 0 aliphatic rings. The highest BCUT2D eigenvalue weighted by Gasteiger charge is 2.55. The lowest BCUT2D eigenvalue weighted by molar-refractivity contribution is -0.671. The lowest BCUT2D eigenvalue weighted by Gasteiger charge is -2.11. The Bertz CT molecular complexity index is 941. The third-order valence-electron chi connectivity index (χ3n) is 2.86. The summed E-state index contributed by atoms with van der Waals surface area (Å²) in [6.45, 7) is 0.946. The zero-order valence-corrected chi connectivity index (χ0v) is 15.6. The first-order chi connectivity index (χ1) is 12.6. The lowest BCUT2D eigenvalue weighted by Crippen LogP contribution is -2.45. The summed E-state index contributed by atoms with van der Waals surface area (Å²) in [6.07, 6.45) is 6.20. The Morgan fingerprint density at radius 2 is 1.39 bits per heavy atom. The molecule has 1 heterocycles. The second kappa shape index (κ2) is 8.48. The Morgan fingerprint density at radius 1 is 0.929 bits per heavy atom. The van der Waals surface area contributed by atoms with E-state index in [1.54, 1.807) is 0 Å². The summed E-state index contributed by atoms with van der Waals surface area (Å²) in [5, 5.41) is 0. The third-order valence-corrected chi connectivity index (χ3v) is 5.83. The van der Waals surface area contributed by atoms with Crippen molar-refractivity contribution >= 4 is 20.0 Å². The molecule has 7 nitrogen and oxygen atoms in total. The molecular formula is C13H14F6N3O4S2+. The standard InChI is InChI=1S/C11H13N2.C2HF6NO4S2/c1-12-7-8-13(10-12)9-11-5-3-2-4-6-11;3-1(4,5)14(10,11)9-15(12,13)2(6,7)8/h2-8,10H,9H2,1H3;9H/q+1;. The zero-order valence-electron chi connectivity index (χ0n) is 13.9. The third kappa shape index (κ3) is 6.79. The molecular weight excluding hydrogens is 440 g/mol.